The van der Waals surface area contributed by atoms with E-state index in [-0.39, 0.29) is 0 Å². The SMILES string of the molecule is CC(C)NCc1cnc2c(cnn2CC2CCCCC2)c1. The number of nitrogens with zero attached hydrogens (tertiary/aromatic N) is 3. The van der Waals surface area contributed by atoms with Crippen LogP contribution in [0.3, 0.4) is 0 Å². The highest BCUT2D eigenvalue weighted by Gasteiger charge is 2.16. The molecule has 0 saturated heterocycles. The molecule has 0 aliphatic heterocycles. The van der Waals surface area contributed by atoms with Gasteiger partial charge in [0, 0.05) is 30.7 Å². The molecular weight excluding hydrogens is 260 g/mol. The summed E-state index contributed by atoms with van der Waals surface area (Å²) < 4.78 is 2.10. The fraction of sp³-hybridized carbons (Fsp3) is 0.647. The van der Waals surface area contributed by atoms with Gasteiger partial charge in [-0.05, 0) is 30.4 Å². The lowest BCUT2D eigenvalue weighted by molar-refractivity contribution is 0.311. The van der Waals surface area contributed by atoms with E-state index >= 15 is 0 Å². The minimum absolute atomic E-state index is 0.495. The maximum Gasteiger partial charge on any atom is 0.157 e. The van der Waals surface area contributed by atoms with Crippen LogP contribution in [0.15, 0.2) is 18.5 Å². The molecule has 21 heavy (non-hydrogen) atoms. The second-order valence-corrected chi connectivity index (χ2v) is 6.62. The summed E-state index contributed by atoms with van der Waals surface area (Å²) in [5.74, 6) is 0.783. The first-order valence-corrected chi connectivity index (χ1v) is 8.26. The molecule has 1 N–H and O–H groups in total. The summed E-state index contributed by atoms with van der Waals surface area (Å²) in [5, 5.41) is 9.15. The maximum atomic E-state index is 4.65. The van der Waals surface area contributed by atoms with Crippen molar-refractivity contribution in [2.45, 2.75) is 65.1 Å². The number of aromatic nitrogens is 3. The Labute approximate surface area is 126 Å². The van der Waals surface area contributed by atoms with Crippen molar-refractivity contribution in [3.05, 3.63) is 24.0 Å². The fourth-order valence-electron chi connectivity index (χ4n) is 3.18. The van der Waals surface area contributed by atoms with Crippen LogP contribution in [-0.2, 0) is 13.1 Å². The third kappa shape index (κ3) is 3.62. The van der Waals surface area contributed by atoms with Crippen molar-refractivity contribution in [1.29, 1.82) is 0 Å². The predicted molar refractivity (Wildman–Crippen MR) is 86.1 cm³/mol. The van der Waals surface area contributed by atoms with Crippen LogP contribution in [0.1, 0.15) is 51.5 Å². The molecule has 4 heteroatoms. The van der Waals surface area contributed by atoms with Gasteiger partial charge in [0.15, 0.2) is 5.65 Å². The lowest BCUT2D eigenvalue weighted by Crippen LogP contribution is -2.21. The third-order valence-electron chi connectivity index (χ3n) is 4.40. The summed E-state index contributed by atoms with van der Waals surface area (Å²) in [5.41, 5.74) is 2.27. The largest absolute Gasteiger partial charge is 0.310 e. The first kappa shape index (κ1) is 14.5. The van der Waals surface area contributed by atoms with Crippen molar-refractivity contribution in [1.82, 2.24) is 20.1 Å². The lowest BCUT2D eigenvalue weighted by Gasteiger charge is -2.21. The molecule has 2 aromatic rings. The molecule has 0 aromatic carbocycles. The van der Waals surface area contributed by atoms with Crippen molar-refractivity contribution in [3.63, 3.8) is 0 Å². The van der Waals surface area contributed by atoms with Crippen LogP contribution in [0.5, 0.6) is 0 Å². The summed E-state index contributed by atoms with van der Waals surface area (Å²) in [7, 11) is 0. The van der Waals surface area contributed by atoms with Gasteiger partial charge in [-0.15, -0.1) is 0 Å². The Bertz CT molecular complexity index is 581. The molecule has 1 saturated carbocycles. The average Bonchev–Trinajstić information content (AvgIpc) is 2.89. The van der Waals surface area contributed by atoms with Gasteiger partial charge in [0.2, 0.25) is 0 Å². The molecule has 1 fully saturated rings. The maximum absolute atomic E-state index is 4.65. The van der Waals surface area contributed by atoms with Gasteiger partial charge in [-0.1, -0.05) is 33.1 Å². The standard InChI is InChI=1S/C17H26N4/c1-13(2)18-9-15-8-16-11-20-21(17(16)19-10-15)12-14-6-4-3-5-7-14/h8,10-11,13-14,18H,3-7,9,12H2,1-2H3. The zero-order valence-corrected chi connectivity index (χ0v) is 13.2. The number of hydrogen-bond acceptors (Lipinski definition) is 3. The Kier molecular flexibility index (Phi) is 4.54. The topological polar surface area (TPSA) is 42.7 Å². The number of fused-ring (bicyclic) bond motifs is 1. The monoisotopic (exact) mass is 286 g/mol. The Morgan fingerprint density at radius 1 is 1.24 bits per heavy atom. The highest BCUT2D eigenvalue weighted by Crippen LogP contribution is 2.26. The molecule has 0 amide bonds. The van der Waals surface area contributed by atoms with Crippen LogP contribution in [-0.4, -0.2) is 20.8 Å². The van der Waals surface area contributed by atoms with Crippen LogP contribution in [0.4, 0.5) is 0 Å². The van der Waals surface area contributed by atoms with Gasteiger partial charge >= 0.3 is 0 Å². The average molecular weight is 286 g/mol. The molecule has 0 spiro atoms. The number of pyridine rings is 1. The second kappa shape index (κ2) is 6.56. The molecule has 3 rings (SSSR count). The van der Waals surface area contributed by atoms with Crippen LogP contribution >= 0.6 is 0 Å². The van der Waals surface area contributed by atoms with E-state index in [9.17, 15) is 0 Å². The molecule has 0 radical (unpaired) electrons. The van der Waals surface area contributed by atoms with Gasteiger partial charge in [0.1, 0.15) is 0 Å². The number of rotatable bonds is 5. The van der Waals surface area contributed by atoms with Crippen molar-refractivity contribution in [2.75, 3.05) is 0 Å². The molecular formula is C17H26N4. The molecule has 114 valence electrons. The Hall–Kier alpha value is -1.42. The van der Waals surface area contributed by atoms with Crippen molar-refractivity contribution >= 4 is 11.0 Å². The van der Waals surface area contributed by atoms with Crippen LogP contribution in [0.2, 0.25) is 0 Å². The normalized spacial score (nSPS) is 16.9. The molecule has 0 bridgehead atoms. The molecule has 0 atom stereocenters. The molecule has 1 aliphatic rings. The molecule has 0 unspecified atom stereocenters. The zero-order chi connectivity index (χ0) is 14.7. The van der Waals surface area contributed by atoms with Crippen LogP contribution < -0.4 is 5.32 Å². The molecule has 4 nitrogen and oxygen atoms in total. The fourth-order valence-corrected chi connectivity index (χ4v) is 3.18. The lowest BCUT2D eigenvalue weighted by atomic mass is 9.89. The summed E-state index contributed by atoms with van der Waals surface area (Å²) in [6.45, 7) is 6.22. The summed E-state index contributed by atoms with van der Waals surface area (Å²) >= 11 is 0. The van der Waals surface area contributed by atoms with E-state index in [0.717, 1.165) is 30.0 Å². The van der Waals surface area contributed by atoms with Gasteiger partial charge in [-0.3, -0.25) is 0 Å². The van der Waals surface area contributed by atoms with Crippen molar-refractivity contribution < 1.29 is 0 Å². The molecule has 1 aliphatic carbocycles. The summed E-state index contributed by atoms with van der Waals surface area (Å²) in [4.78, 5) is 4.65. The number of nitrogens with one attached hydrogen (secondary N) is 1. The molecule has 2 aromatic heterocycles. The zero-order valence-electron chi connectivity index (χ0n) is 13.2. The quantitative estimate of drug-likeness (QED) is 0.914. The van der Waals surface area contributed by atoms with E-state index in [4.69, 9.17) is 0 Å². The van der Waals surface area contributed by atoms with E-state index in [1.807, 2.05) is 12.4 Å². The smallest absolute Gasteiger partial charge is 0.157 e. The van der Waals surface area contributed by atoms with Gasteiger partial charge in [0.05, 0.1) is 6.20 Å². The van der Waals surface area contributed by atoms with Crippen molar-refractivity contribution in [2.24, 2.45) is 5.92 Å². The highest BCUT2D eigenvalue weighted by atomic mass is 15.3. The van der Waals surface area contributed by atoms with E-state index in [0.29, 0.717) is 6.04 Å². The van der Waals surface area contributed by atoms with E-state index in [2.05, 4.69) is 40.0 Å². The predicted octanol–water partition coefficient (Wildman–Crippen LogP) is 3.51. The first-order chi connectivity index (χ1) is 10.2. The first-order valence-electron chi connectivity index (χ1n) is 8.26. The Balaban J connectivity index is 1.72. The van der Waals surface area contributed by atoms with Gasteiger partial charge < -0.3 is 5.32 Å². The van der Waals surface area contributed by atoms with Gasteiger partial charge in [-0.2, -0.15) is 5.10 Å². The summed E-state index contributed by atoms with van der Waals surface area (Å²) in [6, 6.07) is 2.71. The van der Waals surface area contributed by atoms with Crippen LogP contribution in [0.25, 0.3) is 11.0 Å². The van der Waals surface area contributed by atoms with E-state index in [1.54, 1.807) is 0 Å². The van der Waals surface area contributed by atoms with Crippen LogP contribution in [0, 0.1) is 5.92 Å². The highest BCUT2D eigenvalue weighted by molar-refractivity contribution is 5.74. The number of hydrogen-bond donors (Lipinski definition) is 1. The van der Waals surface area contributed by atoms with Gasteiger partial charge in [-0.25, -0.2) is 9.67 Å². The molecule has 2 heterocycles. The minimum Gasteiger partial charge on any atom is -0.310 e. The third-order valence-corrected chi connectivity index (χ3v) is 4.40. The van der Waals surface area contributed by atoms with E-state index in [1.165, 1.54) is 37.7 Å². The summed E-state index contributed by atoms with van der Waals surface area (Å²) in [6.07, 6.45) is 10.8. The van der Waals surface area contributed by atoms with Gasteiger partial charge in [0.25, 0.3) is 0 Å². The van der Waals surface area contributed by atoms with Crippen molar-refractivity contribution in [3.8, 4) is 0 Å². The Morgan fingerprint density at radius 2 is 2.05 bits per heavy atom. The minimum atomic E-state index is 0.495. The second-order valence-electron chi connectivity index (χ2n) is 6.62. The Morgan fingerprint density at radius 3 is 2.81 bits per heavy atom. The van der Waals surface area contributed by atoms with E-state index < -0.39 is 0 Å².